The molecule has 0 atom stereocenters. The van der Waals surface area contributed by atoms with Crippen molar-refractivity contribution in [3.8, 4) is 5.75 Å². The standard InChI is InChI=1S/C21H22ClF2NO2/c22-15-8-9-19(27-16-4-1-2-5-16)14(10-15)11-25-12-21(26,13-25)20-17(23)6-3-7-18(20)24/h3,6-10,16,26H,1-2,4-5,11-13H2. The number of benzene rings is 2. The molecule has 1 aliphatic carbocycles. The van der Waals surface area contributed by atoms with Crippen LogP contribution >= 0.6 is 11.6 Å². The number of aliphatic hydroxyl groups is 1. The molecule has 2 aromatic rings. The number of hydrogen-bond acceptors (Lipinski definition) is 3. The average molecular weight is 394 g/mol. The lowest BCUT2D eigenvalue weighted by Gasteiger charge is -2.47. The van der Waals surface area contributed by atoms with E-state index in [2.05, 4.69) is 0 Å². The first-order valence-electron chi connectivity index (χ1n) is 9.29. The molecule has 144 valence electrons. The smallest absolute Gasteiger partial charge is 0.132 e. The van der Waals surface area contributed by atoms with E-state index in [-0.39, 0.29) is 24.8 Å². The van der Waals surface area contributed by atoms with Gasteiger partial charge in [0, 0.05) is 30.2 Å². The van der Waals surface area contributed by atoms with Crippen molar-refractivity contribution in [1.82, 2.24) is 4.90 Å². The van der Waals surface area contributed by atoms with Crippen molar-refractivity contribution in [1.29, 1.82) is 0 Å². The fourth-order valence-electron chi connectivity index (χ4n) is 4.12. The normalized spacial score (nSPS) is 19.9. The summed E-state index contributed by atoms with van der Waals surface area (Å²) in [6, 6.07) is 9.17. The first-order valence-corrected chi connectivity index (χ1v) is 9.67. The number of nitrogens with zero attached hydrogens (tertiary/aromatic N) is 1. The fourth-order valence-corrected chi connectivity index (χ4v) is 4.31. The summed E-state index contributed by atoms with van der Waals surface area (Å²) in [4.78, 5) is 1.93. The summed E-state index contributed by atoms with van der Waals surface area (Å²) in [5, 5.41) is 11.3. The Balaban J connectivity index is 1.47. The highest BCUT2D eigenvalue weighted by Gasteiger charge is 2.46. The van der Waals surface area contributed by atoms with Crippen molar-refractivity contribution in [2.45, 2.75) is 43.9 Å². The van der Waals surface area contributed by atoms with Crippen molar-refractivity contribution in [2.24, 2.45) is 0 Å². The van der Waals surface area contributed by atoms with E-state index in [1.165, 1.54) is 31.0 Å². The molecule has 2 aliphatic rings. The van der Waals surface area contributed by atoms with Crippen molar-refractivity contribution in [3.63, 3.8) is 0 Å². The first-order chi connectivity index (χ1) is 12.9. The minimum absolute atomic E-state index is 0.153. The van der Waals surface area contributed by atoms with Gasteiger partial charge in [-0.1, -0.05) is 17.7 Å². The van der Waals surface area contributed by atoms with Crippen LogP contribution < -0.4 is 4.74 Å². The number of ether oxygens (including phenoxy) is 1. The second-order valence-electron chi connectivity index (χ2n) is 7.55. The molecule has 0 spiro atoms. The molecule has 0 radical (unpaired) electrons. The molecule has 3 nitrogen and oxygen atoms in total. The van der Waals surface area contributed by atoms with Crippen LogP contribution in [0.15, 0.2) is 36.4 Å². The lowest BCUT2D eigenvalue weighted by molar-refractivity contribution is -0.112. The van der Waals surface area contributed by atoms with Gasteiger partial charge in [-0.15, -0.1) is 0 Å². The van der Waals surface area contributed by atoms with Gasteiger partial charge in [0.25, 0.3) is 0 Å². The molecule has 2 fully saturated rings. The zero-order chi connectivity index (χ0) is 19.0. The maximum atomic E-state index is 14.0. The number of likely N-dealkylation sites (tertiary alicyclic amines) is 1. The molecular weight excluding hydrogens is 372 g/mol. The monoisotopic (exact) mass is 393 g/mol. The molecule has 6 heteroatoms. The van der Waals surface area contributed by atoms with Crippen molar-refractivity contribution in [2.75, 3.05) is 13.1 Å². The molecule has 0 bridgehead atoms. The van der Waals surface area contributed by atoms with Gasteiger partial charge in [0.15, 0.2) is 0 Å². The van der Waals surface area contributed by atoms with Crippen LogP contribution in [-0.4, -0.2) is 29.2 Å². The topological polar surface area (TPSA) is 32.7 Å². The van der Waals surface area contributed by atoms with Crippen molar-refractivity contribution < 1.29 is 18.6 Å². The number of β-amino-alcohol motifs (C(OH)–C–C–N with tert-alkyl or cyclic N) is 1. The Bertz CT molecular complexity index is 813. The average Bonchev–Trinajstić information content (AvgIpc) is 3.09. The van der Waals surface area contributed by atoms with Gasteiger partial charge in [0.2, 0.25) is 0 Å². The third-order valence-electron chi connectivity index (χ3n) is 5.41. The number of halogens is 3. The molecule has 1 saturated carbocycles. The van der Waals surface area contributed by atoms with Crippen LogP contribution in [0.1, 0.15) is 36.8 Å². The van der Waals surface area contributed by atoms with Crippen LogP contribution in [0.3, 0.4) is 0 Å². The van der Waals surface area contributed by atoms with Gasteiger partial charge in [-0.05, 0) is 56.0 Å². The van der Waals surface area contributed by atoms with Crippen molar-refractivity contribution >= 4 is 11.6 Å². The van der Waals surface area contributed by atoms with E-state index in [9.17, 15) is 13.9 Å². The molecule has 4 rings (SSSR count). The highest BCUT2D eigenvalue weighted by Crippen LogP contribution is 2.37. The summed E-state index contributed by atoms with van der Waals surface area (Å²) in [6.45, 7) is 0.807. The summed E-state index contributed by atoms with van der Waals surface area (Å²) in [6.07, 6.45) is 4.70. The molecule has 1 saturated heterocycles. The maximum absolute atomic E-state index is 14.0. The molecule has 2 aromatic carbocycles. The lowest BCUT2D eigenvalue weighted by atomic mass is 9.85. The molecular formula is C21H22ClF2NO2. The molecule has 27 heavy (non-hydrogen) atoms. The minimum atomic E-state index is -1.51. The van der Waals surface area contributed by atoms with Crippen LogP contribution in [0.5, 0.6) is 5.75 Å². The summed E-state index contributed by atoms with van der Waals surface area (Å²) < 4.78 is 34.2. The van der Waals surface area contributed by atoms with Gasteiger partial charge in [-0.3, -0.25) is 4.90 Å². The molecule has 0 amide bonds. The van der Waals surface area contributed by atoms with E-state index in [1.807, 2.05) is 17.0 Å². The number of hydrogen-bond donors (Lipinski definition) is 1. The van der Waals surface area contributed by atoms with Gasteiger partial charge >= 0.3 is 0 Å². The van der Waals surface area contributed by atoms with E-state index in [4.69, 9.17) is 16.3 Å². The summed E-state index contributed by atoms with van der Waals surface area (Å²) in [5.74, 6) is -0.644. The van der Waals surface area contributed by atoms with E-state index >= 15 is 0 Å². The third kappa shape index (κ3) is 3.82. The highest BCUT2D eigenvalue weighted by atomic mass is 35.5. The predicted octanol–water partition coefficient (Wildman–Crippen LogP) is 4.64. The van der Waals surface area contributed by atoms with Crippen LogP contribution in [-0.2, 0) is 12.1 Å². The largest absolute Gasteiger partial charge is 0.490 e. The van der Waals surface area contributed by atoms with E-state index in [1.54, 1.807) is 6.07 Å². The summed E-state index contributed by atoms with van der Waals surface area (Å²) in [5.41, 5.74) is -0.847. The molecule has 1 N–H and O–H groups in total. The van der Waals surface area contributed by atoms with Crippen LogP contribution in [0, 0.1) is 11.6 Å². The van der Waals surface area contributed by atoms with E-state index < -0.39 is 17.2 Å². The van der Waals surface area contributed by atoms with Gasteiger partial charge in [-0.2, -0.15) is 0 Å². The Morgan fingerprint density at radius 2 is 1.78 bits per heavy atom. The van der Waals surface area contributed by atoms with E-state index in [0.717, 1.165) is 24.2 Å². The third-order valence-corrected chi connectivity index (χ3v) is 5.65. The maximum Gasteiger partial charge on any atom is 0.132 e. The minimum Gasteiger partial charge on any atom is -0.490 e. The second kappa shape index (κ2) is 7.38. The zero-order valence-corrected chi connectivity index (χ0v) is 15.7. The summed E-state index contributed by atoms with van der Waals surface area (Å²) >= 11 is 6.15. The quantitative estimate of drug-likeness (QED) is 0.803. The first kappa shape index (κ1) is 18.7. The molecule has 1 heterocycles. The van der Waals surface area contributed by atoms with Gasteiger partial charge < -0.3 is 9.84 Å². The number of rotatable bonds is 5. The molecule has 1 aliphatic heterocycles. The van der Waals surface area contributed by atoms with Crippen molar-refractivity contribution in [3.05, 3.63) is 64.2 Å². The van der Waals surface area contributed by atoms with Crippen LogP contribution in [0.4, 0.5) is 8.78 Å². The Labute approximate surface area is 162 Å². The zero-order valence-electron chi connectivity index (χ0n) is 14.9. The van der Waals surface area contributed by atoms with Gasteiger partial charge in [-0.25, -0.2) is 8.78 Å². The summed E-state index contributed by atoms with van der Waals surface area (Å²) in [7, 11) is 0. The van der Waals surface area contributed by atoms with Gasteiger partial charge in [0.1, 0.15) is 23.0 Å². The fraction of sp³-hybridized carbons (Fsp3) is 0.429. The molecule has 0 aromatic heterocycles. The second-order valence-corrected chi connectivity index (χ2v) is 7.99. The van der Waals surface area contributed by atoms with Crippen LogP contribution in [0.25, 0.3) is 0 Å². The Morgan fingerprint density at radius 3 is 2.44 bits per heavy atom. The lowest BCUT2D eigenvalue weighted by Crippen LogP contribution is -2.59. The SMILES string of the molecule is OC1(c2c(F)cccc2F)CN(Cc2cc(Cl)ccc2OC2CCCC2)C1. The Morgan fingerprint density at radius 1 is 1.11 bits per heavy atom. The Kier molecular flexibility index (Phi) is 5.10. The highest BCUT2D eigenvalue weighted by molar-refractivity contribution is 6.30. The molecule has 0 unspecified atom stereocenters. The van der Waals surface area contributed by atoms with E-state index in [0.29, 0.717) is 11.6 Å². The van der Waals surface area contributed by atoms with Crippen LogP contribution in [0.2, 0.25) is 5.02 Å². The predicted molar refractivity (Wildman–Crippen MR) is 99.9 cm³/mol. The Hall–Kier alpha value is -1.69. The van der Waals surface area contributed by atoms with Gasteiger partial charge in [0.05, 0.1) is 11.7 Å².